The summed E-state index contributed by atoms with van der Waals surface area (Å²) in [5.41, 5.74) is 23.1. The van der Waals surface area contributed by atoms with Gasteiger partial charge >= 0.3 is 12.0 Å². The molecule has 0 radical (unpaired) electrons. The van der Waals surface area contributed by atoms with E-state index in [0.29, 0.717) is 18.4 Å². The summed E-state index contributed by atoms with van der Waals surface area (Å²) in [6.07, 6.45) is 5.23. The van der Waals surface area contributed by atoms with Crippen LogP contribution in [0.5, 0.6) is 5.75 Å². The number of aliphatic carboxylic acids is 1. The standard InChI is InChI=1S/C79H132N22O21S3/c1-11-44(8)65(76(119)96-53(34-45-21-23-46(103)24-22-45)73(116)95-52(33-41(2)3)74(117)99-64(43(6)7)77(120)121)100-71(114)48(18-16-30-84-78(82)83)94-75(118)63(42(4)5)98-72(115)49(25-26-57(81)104)92-70(113)51(28-32-124-10)93-68(111)47(17-14-15-29-80)91-69(112)50(27-31-123-9)89-62(109)38-88-67(110)54(39-102)90-61(108)37-87-60(107)36-86-59(106)35-85-58(105)20-13-12-19-56-66-55(40-125-56)97-79(122)101-66/h21-24,41-44,47-56,63-66,102-103H,11-20,25-40,80H2,1-10H3,(H2,81,104)(H,85,105)(H,86,106)(H,87,107)(H,88,110)(H,89,109)(H,90,108)(H,91,112)(H,92,113)(H,93,111)(H,94,118)(H,95,116)(H,96,119)(H,98,115)(H,99,117)(H,100,114)(H,120,121)(H4,82,83,84)(H2,97,101,122)/t44-,47-,48-,49-,50-,51-,52-,53-,54-,55-,56-,63-,64-,65-,66-/m0/s1. The van der Waals surface area contributed by atoms with Crippen molar-refractivity contribution in [1.29, 1.82) is 0 Å². The number of urea groups is 1. The number of phenolic OH excluding ortho intramolecular Hbond substituents is 1. The van der Waals surface area contributed by atoms with Crippen LogP contribution >= 0.6 is 35.3 Å². The van der Waals surface area contributed by atoms with Gasteiger partial charge in [0, 0.05) is 36.8 Å². The molecule has 46 heteroatoms. The van der Waals surface area contributed by atoms with Crippen molar-refractivity contribution in [3.8, 4) is 5.75 Å². The number of hydrogen-bond acceptors (Lipinski definition) is 25. The average molecular weight is 1820 g/mol. The van der Waals surface area contributed by atoms with Crippen LogP contribution in [0, 0.1) is 23.7 Å². The molecular weight excluding hydrogens is 1690 g/mol. The minimum absolute atomic E-state index is 0.0142. The number of nitrogens with one attached hydrogen (secondary N) is 17. The number of carbonyl (C=O) groups is 18. The molecule has 702 valence electrons. The van der Waals surface area contributed by atoms with Crippen LogP contribution in [0.1, 0.15) is 157 Å². The Bertz CT molecular complexity index is 3810. The second-order valence-electron chi connectivity index (χ2n) is 31.7. The van der Waals surface area contributed by atoms with Crippen LogP contribution in [0.3, 0.4) is 0 Å². The average Bonchev–Trinajstić information content (AvgIpc) is 1.69. The third-order valence-corrected chi connectivity index (χ3v) is 23.1. The van der Waals surface area contributed by atoms with Crippen molar-refractivity contribution in [1.82, 2.24) is 90.4 Å². The van der Waals surface area contributed by atoms with E-state index in [1.807, 2.05) is 0 Å². The zero-order valence-corrected chi connectivity index (χ0v) is 75.2. The van der Waals surface area contributed by atoms with Crippen LogP contribution in [0.2, 0.25) is 0 Å². The van der Waals surface area contributed by atoms with E-state index in [2.05, 4.69) is 95.4 Å². The third-order valence-electron chi connectivity index (χ3n) is 20.3. The number of hydrogen-bond donors (Lipinski definition) is 24. The number of carboxylic acid groups (broad SMARTS) is 1. The molecule has 18 amide bonds. The molecule has 0 aliphatic carbocycles. The lowest BCUT2D eigenvalue weighted by molar-refractivity contribution is -0.143. The van der Waals surface area contributed by atoms with E-state index in [9.17, 15) is 102 Å². The van der Waals surface area contributed by atoms with Gasteiger partial charge < -0.3 is 129 Å². The fourth-order valence-electron chi connectivity index (χ4n) is 13.0. The number of benzene rings is 1. The van der Waals surface area contributed by atoms with Crippen LogP contribution < -0.4 is 113 Å². The topological polar surface area (TPSA) is 689 Å². The normalized spacial score (nSPS) is 16.8. The van der Waals surface area contributed by atoms with Gasteiger partial charge in [-0.1, -0.05) is 80.4 Å². The Balaban J connectivity index is 1.77. The van der Waals surface area contributed by atoms with Crippen molar-refractivity contribution in [2.45, 2.75) is 242 Å². The number of fused-ring (bicyclic) bond motifs is 1. The number of aliphatic hydroxyl groups is 1. The lowest BCUT2D eigenvalue weighted by Gasteiger charge is -2.30. The number of aliphatic imine (C=N–C) groups is 1. The van der Waals surface area contributed by atoms with Gasteiger partial charge in [-0.3, -0.25) is 81.7 Å². The van der Waals surface area contributed by atoms with Crippen molar-refractivity contribution >= 4 is 148 Å². The Morgan fingerprint density at radius 1 is 0.496 bits per heavy atom. The van der Waals surface area contributed by atoms with Gasteiger partial charge in [0.15, 0.2) is 5.96 Å². The third kappa shape index (κ3) is 41.5. The van der Waals surface area contributed by atoms with Crippen molar-refractivity contribution in [2.75, 3.05) is 75.6 Å². The van der Waals surface area contributed by atoms with Crippen molar-refractivity contribution in [3.05, 3.63) is 29.8 Å². The monoisotopic (exact) mass is 1820 g/mol. The summed E-state index contributed by atoms with van der Waals surface area (Å²) in [6.45, 7) is 9.89. The number of nitrogens with two attached hydrogens (primary N) is 4. The Hall–Kier alpha value is -10.5. The fourth-order valence-corrected chi connectivity index (χ4v) is 15.5. The Kier molecular flexibility index (Phi) is 50.4. The maximum absolute atomic E-state index is 14.8. The molecule has 15 atom stereocenters. The minimum atomic E-state index is -1.64. The van der Waals surface area contributed by atoms with Crippen LogP contribution in [-0.2, 0) is 87.9 Å². The van der Waals surface area contributed by atoms with Gasteiger partial charge in [-0.05, 0) is 143 Å². The van der Waals surface area contributed by atoms with Gasteiger partial charge in [-0.2, -0.15) is 35.3 Å². The van der Waals surface area contributed by atoms with E-state index in [0.717, 1.165) is 18.6 Å². The van der Waals surface area contributed by atoms with Gasteiger partial charge in [0.25, 0.3) is 0 Å². The SMILES string of the molecule is CC[C@H](C)[C@H](NC(=O)[C@H](CCCN=C(N)N)NC(=O)[C@@H](NC(=O)[C@H](CCC(N)=O)NC(=O)[C@H](CCSC)NC(=O)[C@H](CCCCN)NC(=O)[C@H](CCSC)NC(=O)CNC(=O)[C@H](CO)NC(=O)CNC(=O)CNC(=O)CNC(=O)CCCC[C@@H]1SC[C@@H]2NC(=O)N[C@@H]21)C(C)C)C(=O)N[C@@H](Cc1ccc(O)cc1)C(=O)N[C@@H](CC(C)C)C(=O)N[C@H](C(=O)O)C(C)C. The molecule has 3 rings (SSSR count). The highest BCUT2D eigenvalue weighted by Crippen LogP contribution is 2.33. The number of rotatable bonds is 61. The van der Waals surface area contributed by atoms with Gasteiger partial charge in [-0.25, -0.2) is 9.59 Å². The lowest BCUT2D eigenvalue weighted by Crippen LogP contribution is -2.62. The number of carboxylic acids is 1. The number of guanidine groups is 1. The predicted molar refractivity (Wildman–Crippen MR) is 470 cm³/mol. The molecule has 2 fully saturated rings. The first kappa shape index (κ1) is 109. The molecule has 1 aromatic rings. The smallest absolute Gasteiger partial charge is 0.326 e. The first-order valence-corrected chi connectivity index (χ1v) is 45.7. The maximum atomic E-state index is 14.8. The van der Waals surface area contributed by atoms with E-state index in [1.165, 1.54) is 47.8 Å². The first-order chi connectivity index (χ1) is 59.1. The van der Waals surface area contributed by atoms with E-state index >= 15 is 0 Å². The molecule has 0 saturated carbocycles. The number of thioether (sulfide) groups is 3. The molecule has 2 aliphatic heterocycles. The van der Waals surface area contributed by atoms with Crippen molar-refractivity contribution < 1.29 is 102 Å². The summed E-state index contributed by atoms with van der Waals surface area (Å²) >= 11 is 4.35. The molecule has 2 heterocycles. The minimum Gasteiger partial charge on any atom is -0.508 e. The number of primary amides is 1. The van der Waals surface area contributed by atoms with Gasteiger partial charge in [0.2, 0.25) is 94.5 Å². The summed E-state index contributed by atoms with van der Waals surface area (Å²) in [6, 6.07) is -10.3. The highest BCUT2D eigenvalue weighted by Gasteiger charge is 2.43. The summed E-state index contributed by atoms with van der Waals surface area (Å²) in [5, 5.41) is 73.9. The maximum Gasteiger partial charge on any atom is 0.326 e. The van der Waals surface area contributed by atoms with E-state index in [4.69, 9.17) is 22.9 Å². The molecule has 0 unspecified atom stereocenters. The number of amides is 18. The predicted octanol–water partition coefficient (Wildman–Crippen LogP) is -5.11. The fraction of sp³-hybridized carbons (Fsp3) is 0.684. The number of phenols is 1. The van der Waals surface area contributed by atoms with E-state index < -0.39 is 224 Å². The molecule has 0 aromatic heterocycles. The summed E-state index contributed by atoms with van der Waals surface area (Å²) in [5.74, 6) is -16.3. The van der Waals surface area contributed by atoms with Crippen LogP contribution in [0.15, 0.2) is 29.3 Å². The quantitative estimate of drug-likeness (QED) is 0.0126. The van der Waals surface area contributed by atoms with E-state index in [-0.39, 0.29) is 136 Å². The highest BCUT2D eigenvalue weighted by atomic mass is 32.2. The second kappa shape index (κ2) is 57.9. The van der Waals surface area contributed by atoms with Crippen LogP contribution in [0.25, 0.3) is 0 Å². The number of unbranched alkanes of at least 4 members (excludes halogenated alkanes) is 2. The van der Waals surface area contributed by atoms with Gasteiger partial charge in [0.05, 0.1) is 44.9 Å². The molecule has 28 N–H and O–H groups in total. The zero-order valence-electron chi connectivity index (χ0n) is 72.8. The first-order valence-electron chi connectivity index (χ1n) is 41.9. The summed E-state index contributed by atoms with van der Waals surface area (Å²) in [7, 11) is 0. The molecule has 125 heavy (non-hydrogen) atoms. The van der Waals surface area contributed by atoms with E-state index in [1.54, 1.807) is 79.7 Å². The zero-order chi connectivity index (χ0) is 93.6. The van der Waals surface area contributed by atoms with Crippen molar-refractivity contribution in [3.63, 3.8) is 0 Å². The Morgan fingerprint density at radius 3 is 1.47 bits per heavy atom. The Labute approximate surface area is 740 Å². The largest absolute Gasteiger partial charge is 0.508 e. The van der Waals surface area contributed by atoms with Gasteiger partial charge in [0.1, 0.15) is 72.2 Å². The number of nitrogens with zero attached hydrogens (tertiary/aromatic N) is 1. The second-order valence-corrected chi connectivity index (χ2v) is 34.9. The Morgan fingerprint density at radius 2 is 0.952 bits per heavy atom. The van der Waals surface area contributed by atoms with Crippen LogP contribution in [-0.4, -0.2) is 287 Å². The van der Waals surface area contributed by atoms with Crippen LogP contribution in [0.4, 0.5) is 4.79 Å². The van der Waals surface area contributed by atoms with Gasteiger partial charge in [-0.15, -0.1) is 0 Å². The van der Waals surface area contributed by atoms with Crippen molar-refractivity contribution in [2.24, 2.45) is 51.6 Å². The molecular formula is C79H132N22O21S3. The molecule has 0 bridgehead atoms. The number of carbonyl (C=O) groups excluding carboxylic acids is 17. The number of aliphatic hydroxyl groups excluding tert-OH is 1. The molecule has 1 aromatic carbocycles. The highest BCUT2D eigenvalue weighted by molar-refractivity contribution is 8.00. The summed E-state index contributed by atoms with van der Waals surface area (Å²) in [4.78, 5) is 247. The lowest BCUT2D eigenvalue weighted by atomic mass is 9.96. The molecule has 2 saturated heterocycles. The number of aromatic hydroxyl groups is 1. The molecule has 43 nitrogen and oxygen atoms in total. The molecule has 2 aliphatic rings. The molecule has 0 spiro atoms. The summed E-state index contributed by atoms with van der Waals surface area (Å²) < 4.78 is 0.